The number of pyridine rings is 1. The molecular formula is C25H23N5O2. The monoisotopic (exact) mass is 425 g/mol. The minimum atomic E-state index is -0.414. The van der Waals surface area contributed by atoms with Crippen molar-refractivity contribution in [2.75, 3.05) is 31.1 Å². The lowest BCUT2D eigenvalue weighted by molar-refractivity contribution is -0.132. The van der Waals surface area contributed by atoms with Crippen LogP contribution in [0.4, 0.5) is 5.82 Å². The van der Waals surface area contributed by atoms with Gasteiger partial charge in [-0.15, -0.1) is 0 Å². The molecule has 2 aromatic heterocycles. The molecule has 7 heteroatoms. The molecule has 0 saturated carbocycles. The molecule has 1 aliphatic rings. The van der Waals surface area contributed by atoms with Gasteiger partial charge in [-0.1, -0.05) is 54.6 Å². The molecule has 2 aromatic carbocycles. The number of hydrogen-bond acceptors (Lipinski definition) is 5. The molecule has 0 radical (unpaired) electrons. The van der Waals surface area contributed by atoms with Crippen LogP contribution in [0.15, 0.2) is 83.8 Å². The van der Waals surface area contributed by atoms with Crippen molar-refractivity contribution in [3.63, 3.8) is 0 Å². The van der Waals surface area contributed by atoms with E-state index in [9.17, 15) is 9.59 Å². The van der Waals surface area contributed by atoms with E-state index in [1.165, 1.54) is 4.57 Å². The number of anilines is 1. The van der Waals surface area contributed by atoms with Crippen molar-refractivity contribution in [1.29, 1.82) is 0 Å². The van der Waals surface area contributed by atoms with Crippen molar-refractivity contribution in [2.24, 2.45) is 0 Å². The maximum atomic E-state index is 13.1. The van der Waals surface area contributed by atoms with Gasteiger partial charge in [0.2, 0.25) is 5.91 Å². The van der Waals surface area contributed by atoms with Crippen LogP contribution in [0.2, 0.25) is 0 Å². The first-order valence-electron chi connectivity index (χ1n) is 10.7. The number of aromatic nitrogens is 3. The van der Waals surface area contributed by atoms with E-state index in [1.807, 2.05) is 77.7 Å². The topological polar surface area (TPSA) is 71.3 Å². The van der Waals surface area contributed by atoms with E-state index in [4.69, 9.17) is 0 Å². The molecule has 32 heavy (non-hydrogen) atoms. The minimum absolute atomic E-state index is 0.0228. The van der Waals surface area contributed by atoms with Crippen LogP contribution in [0.3, 0.4) is 0 Å². The molecule has 4 aromatic rings. The van der Waals surface area contributed by atoms with Crippen LogP contribution in [0.25, 0.3) is 22.2 Å². The summed E-state index contributed by atoms with van der Waals surface area (Å²) in [5.41, 5.74) is 1.82. The highest BCUT2D eigenvalue weighted by molar-refractivity contribution is 5.93. The van der Waals surface area contributed by atoms with Crippen molar-refractivity contribution < 1.29 is 4.79 Å². The lowest BCUT2D eigenvalue weighted by Gasteiger charge is -2.35. The quantitative estimate of drug-likeness (QED) is 0.503. The maximum absolute atomic E-state index is 13.1. The zero-order valence-corrected chi connectivity index (χ0v) is 17.6. The molecule has 1 fully saturated rings. The lowest BCUT2D eigenvalue weighted by Crippen LogP contribution is -2.50. The Labute approximate surface area is 185 Å². The van der Waals surface area contributed by atoms with E-state index in [1.54, 1.807) is 6.20 Å². The normalized spacial score (nSPS) is 14.0. The third kappa shape index (κ3) is 3.85. The number of rotatable bonds is 4. The van der Waals surface area contributed by atoms with Gasteiger partial charge in [0.1, 0.15) is 12.4 Å². The van der Waals surface area contributed by atoms with Gasteiger partial charge in [-0.25, -0.2) is 9.78 Å². The summed E-state index contributed by atoms with van der Waals surface area (Å²) in [6, 6.07) is 23.1. The molecule has 1 amide bonds. The van der Waals surface area contributed by atoms with Gasteiger partial charge in [0, 0.05) is 43.3 Å². The van der Waals surface area contributed by atoms with Crippen molar-refractivity contribution in [3.8, 4) is 11.3 Å². The van der Waals surface area contributed by atoms with Gasteiger partial charge in [-0.3, -0.25) is 9.36 Å². The fraction of sp³-hybridized carbons (Fsp3) is 0.200. The summed E-state index contributed by atoms with van der Waals surface area (Å²) in [5, 5.41) is 0.853. The third-order valence-electron chi connectivity index (χ3n) is 5.83. The summed E-state index contributed by atoms with van der Waals surface area (Å²) in [7, 11) is 0. The van der Waals surface area contributed by atoms with E-state index in [2.05, 4.69) is 14.9 Å². The molecule has 0 atom stereocenters. The molecule has 0 bridgehead atoms. The molecule has 1 saturated heterocycles. The number of fused-ring (bicyclic) bond motifs is 1. The van der Waals surface area contributed by atoms with Gasteiger partial charge in [0.15, 0.2) is 0 Å². The zero-order chi connectivity index (χ0) is 21.9. The Bertz CT molecular complexity index is 1300. The lowest BCUT2D eigenvalue weighted by atomic mass is 10.1. The van der Waals surface area contributed by atoms with E-state index >= 15 is 0 Å². The maximum Gasteiger partial charge on any atom is 0.349 e. The number of carbonyl (C=O) groups is 1. The van der Waals surface area contributed by atoms with Crippen molar-refractivity contribution >= 4 is 22.6 Å². The van der Waals surface area contributed by atoms with Gasteiger partial charge in [0.25, 0.3) is 0 Å². The largest absolute Gasteiger partial charge is 0.353 e. The van der Waals surface area contributed by atoms with Crippen LogP contribution in [0.1, 0.15) is 0 Å². The van der Waals surface area contributed by atoms with Gasteiger partial charge in [-0.05, 0) is 18.2 Å². The highest BCUT2D eigenvalue weighted by Crippen LogP contribution is 2.25. The molecule has 0 unspecified atom stereocenters. The Hall–Kier alpha value is -4.00. The number of carbonyl (C=O) groups excluding carboxylic acids is 1. The Balaban J connectivity index is 1.39. The molecule has 7 nitrogen and oxygen atoms in total. The molecule has 0 N–H and O–H groups in total. The summed E-state index contributed by atoms with van der Waals surface area (Å²) < 4.78 is 1.48. The number of piperazine rings is 1. The minimum Gasteiger partial charge on any atom is -0.353 e. The summed E-state index contributed by atoms with van der Waals surface area (Å²) >= 11 is 0. The van der Waals surface area contributed by atoms with Crippen molar-refractivity contribution in [1.82, 2.24) is 19.4 Å². The second-order valence-corrected chi connectivity index (χ2v) is 7.77. The Morgan fingerprint density at radius 2 is 1.56 bits per heavy atom. The smallest absolute Gasteiger partial charge is 0.349 e. The number of nitrogens with zero attached hydrogens (tertiary/aromatic N) is 5. The average molecular weight is 425 g/mol. The van der Waals surface area contributed by atoms with Gasteiger partial charge in [0.05, 0.1) is 11.2 Å². The van der Waals surface area contributed by atoms with E-state index in [-0.39, 0.29) is 12.5 Å². The molecule has 5 rings (SSSR count). The number of para-hydroxylation sites is 1. The van der Waals surface area contributed by atoms with Crippen molar-refractivity contribution in [2.45, 2.75) is 6.54 Å². The first kappa shape index (κ1) is 19.9. The highest BCUT2D eigenvalue weighted by atomic mass is 16.2. The molecular weight excluding hydrogens is 402 g/mol. The van der Waals surface area contributed by atoms with Crippen LogP contribution in [-0.2, 0) is 11.3 Å². The fourth-order valence-corrected chi connectivity index (χ4v) is 4.16. The summed E-state index contributed by atoms with van der Waals surface area (Å²) in [6.07, 6.45) is 1.77. The van der Waals surface area contributed by atoms with Crippen LogP contribution in [-0.4, -0.2) is 51.5 Å². The van der Waals surface area contributed by atoms with Crippen LogP contribution in [0, 0.1) is 0 Å². The van der Waals surface area contributed by atoms with Gasteiger partial charge >= 0.3 is 5.69 Å². The first-order chi connectivity index (χ1) is 15.7. The van der Waals surface area contributed by atoms with Gasteiger partial charge in [-0.2, -0.15) is 4.98 Å². The first-order valence-corrected chi connectivity index (χ1v) is 10.7. The molecule has 0 aliphatic carbocycles. The van der Waals surface area contributed by atoms with E-state index < -0.39 is 5.69 Å². The summed E-state index contributed by atoms with van der Waals surface area (Å²) in [6.45, 7) is 2.59. The van der Waals surface area contributed by atoms with Gasteiger partial charge < -0.3 is 9.80 Å². The SMILES string of the molecule is O=C(Cn1c(=O)nc(-c2ccccc2)c2ccccc21)N1CCN(c2ccccn2)CC1. The molecule has 1 aliphatic heterocycles. The predicted octanol–water partition coefficient (Wildman–Crippen LogP) is 2.81. The van der Waals surface area contributed by atoms with Crippen LogP contribution >= 0.6 is 0 Å². The second kappa shape index (κ2) is 8.63. The second-order valence-electron chi connectivity index (χ2n) is 7.77. The summed E-state index contributed by atoms with van der Waals surface area (Å²) in [4.78, 5) is 38.7. The molecule has 160 valence electrons. The molecule has 3 heterocycles. The standard InChI is InChI=1S/C25H23N5O2/c31-23(29-16-14-28(15-17-29)22-12-6-7-13-26-22)18-30-21-11-5-4-10-20(21)24(27-25(30)32)19-8-2-1-3-9-19/h1-13H,14-18H2. The highest BCUT2D eigenvalue weighted by Gasteiger charge is 2.23. The van der Waals surface area contributed by atoms with Crippen LogP contribution < -0.4 is 10.6 Å². The number of benzene rings is 2. The predicted molar refractivity (Wildman–Crippen MR) is 124 cm³/mol. The number of amides is 1. The Morgan fingerprint density at radius 1 is 0.844 bits per heavy atom. The fourth-order valence-electron chi connectivity index (χ4n) is 4.16. The van der Waals surface area contributed by atoms with Crippen LogP contribution in [0.5, 0.6) is 0 Å². The number of hydrogen-bond donors (Lipinski definition) is 0. The van der Waals surface area contributed by atoms with E-state index in [0.717, 1.165) is 16.8 Å². The average Bonchev–Trinajstić information content (AvgIpc) is 2.86. The molecule has 0 spiro atoms. The summed E-state index contributed by atoms with van der Waals surface area (Å²) in [5.74, 6) is 0.842. The van der Waals surface area contributed by atoms with E-state index in [0.29, 0.717) is 37.4 Å². The van der Waals surface area contributed by atoms with Crippen molar-refractivity contribution in [3.05, 3.63) is 89.5 Å². The zero-order valence-electron chi connectivity index (χ0n) is 17.6. The Kier molecular flexibility index (Phi) is 5.37. The Morgan fingerprint density at radius 3 is 2.31 bits per heavy atom. The third-order valence-corrected chi connectivity index (χ3v) is 5.83.